The number of nitrogens with one attached hydrogen (secondary N) is 2. The molecule has 6 nitrogen and oxygen atoms in total. The van der Waals surface area contributed by atoms with E-state index in [9.17, 15) is 5.26 Å². The number of rotatable bonds is 4. The topological polar surface area (TPSA) is 86.5 Å². The highest BCUT2D eigenvalue weighted by molar-refractivity contribution is 5.66. The lowest BCUT2D eigenvalue weighted by Crippen LogP contribution is -2.01. The van der Waals surface area contributed by atoms with Crippen LogP contribution in [0.15, 0.2) is 61.2 Å². The van der Waals surface area contributed by atoms with Crippen molar-refractivity contribution in [3.05, 3.63) is 66.7 Å². The van der Waals surface area contributed by atoms with Gasteiger partial charge < -0.3 is 10.6 Å². The van der Waals surface area contributed by atoms with Crippen LogP contribution in [-0.2, 0) is 0 Å². The Morgan fingerprint density at radius 3 is 2.14 bits per heavy atom. The van der Waals surface area contributed by atoms with Crippen LogP contribution in [0.3, 0.4) is 0 Å². The average molecular weight is 288 g/mol. The van der Waals surface area contributed by atoms with Gasteiger partial charge in [-0.15, -0.1) is 0 Å². The van der Waals surface area contributed by atoms with Crippen LogP contribution in [0.25, 0.3) is 0 Å². The van der Waals surface area contributed by atoms with Crippen molar-refractivity contribution in [2.24, 2.45) is 0 Å². The predicted molar refractivity (Wildman–Crippen MR) is 84.0 cm³/mol. The molecule has 0 saturated carbocycles. The minimum Gasteiger partial charge on any atom is -0.339 e. The lowest BCUT2D eigenvalue weighted by atomic mass is 10.2. The first-order valence-electron chi connectivity index (χ1n) is 6.60. The van der Waals surface area contributed by atoms with E-state index in [0.29, 0.717) is 17.2 Å². The SMILES string of the molecule is N#Cc1ccc(Nc2cccnc2)nc1Nc1cccnc1. The third-order valence-corrected chi connectivity index (χ3v) is 2.87. The van der Waals surface area contributed by atoms with E-state index in [-0.39, 0.29) is 0 Å². The molecule has 3 aromatic heterocycles. The van der Waals surface area contributed by atoms with Gasteiger partial charge in [-0.05, 0) is 36.4 Å². The second kappa shape index (κ2) is 6.33. The minimum absolute atomic E-state index is 0.459. The fraction of sp³-hybridized carbons (Fsp3) is 0. The summed E-state index contributed by atoms with van der Waals surface area (Å²) >= 11 is 0. The van der Waals surface area contributed by atoms with Gasteiger partial charge in [0.2, 0.25) is 0 Å². The van der Waals surface area contributed by atoms with Crippen molar-refractivity contribution in [2.75, 3.05) is 10.6 Å². The molecule has 0 saturated heterocycles. The number of hydrogen-bond acceptors (Lipinski definition) is 6. The molecule has 0 unspecified atom stereocenters. The molecule has 6 heteroatoms. The zero-order chi connectivity index (χ0) is 15.2. The summed E-state index contributed by atoms with van der Waals surface area (Å²) in [6.07, 6.45) is 6.76. The maximum atomic E-state index is 9.20. The molecule has 0 aliphatic carbocycles. The molecule has 0 amide bonds. The van der Waals surface area contributed by atoms with Crippen LogP contribution in [0.2, 0.25) is 0 Å². The Hall–Kier alpha value is -3.46. The van der Waals surface area contributed by atoms with Gasteiger partial charge in [0.1, 0.15) is 11.9 Å². The molecule has 0 aliphatic rings. The first-order valence-corrected chi connectivity index (χ1v) is 6.60. The zero-order valence-corrected chi connectivity index (χ0v) is 11.6. The van der Waals surface area contributed by atoms with E-state index >= 15 is 0 Å². The van der Waals surface area contributed by atoms with Gasteiger partial charge in [-0.25, -0.2) is 4.98 Å². The molecule has 0 radical (unpaired) electrons. The summed E-state index contributed by atoms with van der Waals surface area (Å²) in [6.45, 7) is 0. The maximum absolute atomic E-state index is 9.20. The Balaban J connectivity index is 1.88. The van der Waals surface area contributed by atoms with Crippen molar-refractivity contribution in [1.82, 2.24) is 15.0 Å². The van der Waals surface area contributed by atoms with Gasteiger partial charge in [-0.2, -0.15) is 5.26 Å². The number of nitriles is 1. The lowest BCUT2D eigenvalue weighted by molar-refractivity contribution is 1.25. The van der Waals surface area contributed by atoms with Crippen LogP contribution in [0, 0.1) is 11.3 Å². The smallest absolute Gasteiger partial charge is 0.150 e. The van der Waals surface area contributed by atoms with Gasteiger partial charge in [0.25, 0.3) is 0 Å². The van der Waals surface area contributed by atoms with Crippen LogP contribution >= 0.6 is 0 Å². The summed E-state index contributed by atoms with van der Waals surface area (Å²) in [5.41, 5.74) is 2.05. The van der Waals surface area contributed by atoms with E-state index in [0.717, 1.165) is 11.4 Å². The van der Waals surface area contributed by atoms with Gasteiger partial charge >= 0.3 is 0 Å². The molecule has 0 aliphatic heterocycles. The van der Waals surface area contributed by atoms with Crippen molar-refractivity contribution in [1.29, 1.82) is 5.26 Å². The van der Waals surface area contributed by atoms with Crippen molar-refractivity contribution in [2.45, 2.75) is 0 Å². The second-order valence-corrected chi connectivity index (χ2v) is 4.44. The summed E-state index contributed by atoms with van der Waals surface area (Å²) in [7, 11) is 0. The quantitative estimate of drug-likeness (QED) is 0.766. The lowest BCUT2D eigenvalue weighted by Gasteiger charge is -2.10. The Kier molecular flexibility index (Phi) is 3.89. The number of anilines is 4. The van der Waals surface area contributed by atoms with Crippen LogP contribution < -0.4 is 10.6 Å². The molecule has 106 valence electrons. The Labute approximate surface area is 127 Å². The van der Waals surface area contributed by atoms with E-state index in [4.69, 9.17) is 0 Å². The molecule has 0 fully saturated rings. The maximum Gasteiger partial charge on any atom is 0.150 e. The molecule has 0 aromatic carbocycles. The first-order chi connectivity index (χ1) is 10.8. The second-order valence-electron chi connectivity index (χ2n) is 4.44. The Bertz CT molecular complexity index is 796. The standard InChI is InChI=1S/C16H12N6/c17-9-12-5-6-15(20-13-3-1-7-18-10-13)22-16(12)21-14-4-2-8-19-11-14/h1-8,10-11H,(H2,20,21,22). The fourth-order valence-corrected chi connectivity index (χ4v) is 1.87. The highest BCUT2D eigenvalue weighted by Gasteiger charge is 2.06. The van der Waals surface area contributed by atoms with Crippen molar-refractivity contribution in [3.8, 4) is 6.07 Å². The highest BCUT2D eigenvalue weighted by atomic mass is 15.1. The van der Waals surface area contributed by atoms with E-state index in [1.165, 1.54) is 0 Å². The van der Waals surface area contributed by atoms with Crippen molar-refractivity contribution in [3.63, 3.8) is 0 Å². The van der Waals surface area contributed by atoms with Crippen LogP contribution in [0.4, 0.5) is 23.0 Å². The first kappa shape index (κ1) is 13.5. The average Bonchev–Trinajstić information content (AvgIpc) is 2.57. The molecular formula is C16H12N6. The normalized spacial score (nSPS) is 9.77. The third kappa shape index (κ3) is 3.16. The van der Waals surface area contributed by atoms with Gasteiger partial charge in [0.15, 0.2) is 5.82 Å². The van der Waals surface area contributed by atoms with Gasteiger partial charge in [-0.1, -0.05) is 0 Å². The van der Waals surface area contributed by atoms with Crippen LogP contribution in [-0.4, -0.2) is 15.0 Å². The Morgan fingerprint density at radius 1 is 0.864 bits per heavy atom. The summed E-state index contributed by atoms with van der Waals surface area (Å²) in [6, 6.07) is 13.0. The molecule has 3 aromatic rings. The third-order valence-electron chi connectivity index (χ3n) is 2.87. The summed E-state index contributed by atoms with van der Waals surface area (Å²) in [4.78, 5) is 12.5. The summed E-state index contributed by atoms with van der Waals surface area (Å²) in [5.74, 6) is 1.10. The predicted octanol–water partition coefficient (Wildman–Crippen LogP) is 3.23. The Morgan fingerprint density at radius 2 is 1.55 bits per heavy atom. The number of nitrogens with zero attached hydrogens (tertiary/aromatic N) is 4. The summed E-state index contributed by atoms with van der Waals surface area (Å²) in [5, 5.41) is 15.4. The van der Waals surface area contributed by atoms with Crippen LogP contribution in [0.1, 0.15) is 5.56 Å². The minimum atomic E-state index is 0.459. The number of aromatic nitrogens is 3. The summed E-state index contributed by atoms with van der Waals surface area (Å²) < 4.78 is 0. The van der Waals surface area contributed by atoms with Crippen molar-refractivity contribution < 1.29 is 0 Å². The van der Waals surface area contributed by atoms with E-state index < -0.39 is 0 Å². The van der Waals surface area contributed by atoms with E-state index in [2.05, 4.69) is 31.7 Å². The molecular weight excluding hydrogens is 276 g/mol. The largest absolute Gasteiger partial charge is 0.339 e. The van der Waals surface area contributed by atoms with E-state index in [1.807, 2.05) is 24.3 Å². The molecule has 0 spiro atoms. The molecule has 22 heavy (non-hydrogen) atoms. The van der Waals surface area contributed by atoms with E-state index in [1.54, 1.807) is 36.9 Å². The van der Waals surface area contributed by atoms with Gasteiger partial charge in [0, 0.05) is 12.4 Å². The number of pyridine rings is 3. The number of hydrogen-bond donors (Lipinski definition) is 2. The molecule has 0 atom stereocenters. The molecule has 2 N–H and O–H groups in total. The van der Waals surface area contributed by atoms with Gasteiger partial charge in [0.05, 0.1) is 29.3 Å². The monoisotopic (exact) mass is 288 g/mol. The fourth-order valence-electron chi connectivity index (χ4n) is 1.87. The van der Waals surface area contributed by atoms with Crippen LogP contribution in [0.5, 0.6) is 0 Å². The molecule has 3 heterocycles. The highest BCUT2D eigenvalue weighted by Crippen LogP contribution is 2.21. The van der Waals surface area contributed by atoms with Crippen molar-refractivity contribution >= 4 is 23.0 Å². The van der Waals surface area contributed by atoms with Gasteiger partial charge in [-0.3, -0.25) is 9.97 Å². The molecule has 3 rings (SSSR count). The molecule has 0 bridgehead atoms. The zero-order valence-electron chi connectivity index (χ0n) is 11.6.